The summed E-state index contributed by atoms with van der Waals surface area (Å²) in [5.41, 5.74) is -0.467. The number of rotatable bonds is 9. The van der Waals surface area contributed by atoms with Crippen LogP contribution in [0, 0.1) is 0 Å². The van der Waals surface area contributed by atoms with Gasteiger partial charge in [-0.1, -0.05) is 0 Å². The predicted octanol–water partition coefficient (Wildman–Crippen LogP) is 1.49. The van der Waals surface area contributed by atoms with Gasteiger partial charge in [0.05, 0.1) is 6.61 Å². The van der Waals surface area contributed by atoms with Crippen LogP contribution in [0.1, 0.15) is 41.0 Å². The Bertz CT molecular complexity index is 327. The highest BCUT2D eigenvalue weighted by Gasteiger charge is 2.15. The minimum Gasteiger partial charge on any atom is -0.444 e. The van der Waals surface area contributed by atoms with Crippen molar-refractivity contribution in [1.29, 1.82) is 0 Å². The Balaban J connectivity index is 3.87. The second kappa shape index (κ2) is 12.1. The molecular weight excluding hydrogens is 284 g/mol. The van der Waals surface area contributed by atoms with Gasteiger partial charge in [-0.3, -0.25) is 4.99 Å². The van der Waals surface area contributed by atoms with Crippen LogP contribution in [-0.2, 0) is 9.47 Å². The fraction of sp³-hybridized carbons (Fsp3) is 0.867. The molecule has 0 aliphatic heterocycles. The van der Waals surface area contributed by atoms with Crippen molar-refractivity contribution in [1.82, 2.24) is 16.0 Å². The molecule has 0 radical (unpaired) electrons. The minimum absolute atomic E-state index is 0.391. The lowest BCUT2D eigenvalue weighted by molar-refractivity contribution is 0.0527. The second-order valence-electron chi connectivity index (χ2n) is 5.67. The van der Waals surface area contributed by atoms with Gasteiger partial charge >= 0.3 is 6.09 Å². The first-order chi connectivity index (χ1) is 10.4. The first-order valence-electron chi connectivity index (χ1n) is 7.95. The van der Waals surface area contributed by atoms with E-state index < -0.39 is 11.7 Å². The molecule has 0 saturated heterocycles. The van der Waals surface area contributed by atoms with Crippen molar-refractivity contribution >= 4 is 12.1 Å². The molecule has 0 bridgehead atoms. The lowest BCUT2D eigenvalue weighted by Crippen LogP contribution is -2.39. The summed E-state index contributed by atoms with van der Waals surface area (Å²) in [6.45, 7) is 13.6. The number of aliphatic imine (C=N–C) groups is 1. The highest BCUT2D eigenvalue weighted by molar-refractivity contribution is 5.79. The molecule has 0 aromatic rings. The molecular formula is C15H32N4O3. The van der Waals surface area contributed by atoms with Crippen molar-refractivity contribution in [3.8, 4) is 0 Å². The van der Waals surface area contributed by atoms with Crippen molar-refractivity contribution in [3.05, 3.63) is 0 Å². The summed E-state index contributed by atoms with van der Waals surface area (Å²) in [6.07, 6.45) is 0.361. The Kier molecular flexibility index (Phi) is 11.3. The SMILES string of the molecule is CCNC(=NCCCNC(=O)OC(C)(C)C)NCCOCC. The first-order valence-corrected chi connectivity index (χ1v) is 7.95. The minimum atomic E-state index is -0.467. The second-order valence-corrected chi connectivity index (χ2v) is 5.67. The van der Waals surface area contributed by atoms with Gasteiger partial charge < -0.3 is 25.4 Å². The zero-order valence-corrected chi connectivity index (χ0v) is 14.6. The van der Waals surface area contributed by atoms with E-state index in [1.165, 1.54) is 0 Å². The third kappa shape index (κ3) is 13.5. The molecule has 0 saturated carbocycles. The van der Waals surface area contributed by atoms with Crippen LogP contribution in [0.5, 0.6) is 0 Å². The average Bonchev–Trinajstić information content (AvgIpc) is 2.41. The van der Waals surface area contributed by atoms with Crippen molar-refractivity contribution in [2.45, 2.75) is 46.6 Å². The van der Waals surface area contributed by atoms with Crippen LogP contribution in [0.25, 0.3) is 0 Å². The van der Waals surface area contributed by atoms with E-state index in [2.05, 4.69) is 20.9 Å². The molecule has 0 aliphatic carbocycles. The zero-order valence-electron chi connectivity index (χ0n) is 14.6. The quantitative estimate of drug-likeness (QED) is 0.341. The molecule has 0 spiro atoms. The van der Waals surface area contributed by atoms with Crippen LogP contribution >= 0.6 is 0 Å². The Hall–Kier alpha value is -1.50. The Morgan fingerprint density at radius 3 is 2.41 bits per heavy atom. The summed E-state index contributed by atoms with van der Waals surface area (Å²) >= 11 is 0. The largest absolute Gasteiger partial charge is 0.444 e. The van der Waals surface area contributed by atoms with Crippen LogP contribution in [0.4, 0.5) is 4.79 Å². The number of hydrogen-bond acceptors (Lipinski definition) is 4. The van der Waals surface area contributed by atoms with E-state index in [1.54, 1.807) is 0 Å². The van der Waals surface area contributed by atoms with E-state index in [0.717, 1.165) is 25.5 Å². The van der Waals surface area contributed by atoms with Crippen molar-refractivity contribution < 1.29 is 14.3 Å². The van der Waals surface area contributed by atoms with E-state index in [9.17, 15) is 4.79 Å². The third-order valence-electron chi connectivity index (χ3n) is 2.36. The molecule has 7 heteroatoms. The molecule has 0 aromatic heterocycles. The van der Waals surface area contributed by atoms with Crippen LogP contribution in [-0.4, -0.2) is 57.0 Å². The molecule has 0 atom stereocenters. The van der Waals surface area contributed by atoms with Gasteiger partial charge in [-0.25, -0.2) is 4.79 Å². The predicted molar refractivity (Wildman–Crippen MR) is 89.3 cm³/mol. The van der Waals surface area contributed by atoms with Gasteiger partial charge in [0.15, 0.2) is 5.96 Å². The molecule has 0 fully saturated rings. The number of guanidine groups is 1. The highest BCUT2D eigenvalue weighted by atomic mass is 16.6. The zero-order chi connectivity index (χ0) is 16.8. The highest BCUT2D eigenvalue weighted by Crippen LogP contribution is 2.06. The number of nitrogens with one attached hydrogen (secondary N) is 3. The molecule has 3 N–H and O–H groups in total. The van der Waals surface area contributed by atoms with Gasteiger partial charge in [0, 0.05) is 32.8 Å². The van der Waals surface area contributed by atoms with Gasteiger partial charge in [0.25, 0.3) is 0 Å². The Morgan fingerprint density at radius 1 is 1.09 bits per heavy atom. The molecule has 130 valence electrons. The number of alkyl carbamates (subject to hydrolysis) is 1. The fourth-order valence-corrected chi connectivity index (χ4v) is 1.50. The lowest BCUT2D eigenvalue weighted by Gasteiger charge is -2.19. The van der Waals surface area contributed by atoms with Crippen LogP contribution in [0.15, 0.2) is 4.99 Å². The maximum atomic E-state index is 11.5. The standard InChI is InChI=1S/C15H32N4O3/c1-6-16-13(18-11-12-21-7-2)17-9-8-10-19-14(20)22-15(3,4)5/h6-12H2,1-5H3,(H,19,20)(H2,16,17,18). The number of amides is 1. The number of hydrogen-bond donors (Lipinski definition) is 3. The van der Waals surface area contributed by atoms with Crippen molar-refractivity contribution in [2.24, 2.45) is 4.99 Å². The molecule has 22 heavy (non-hydrogen) atoms. The van der Waals surface area contributed by atoms with E-state index in [1.807, 2.05) is 34.6 Å². The molecule has 1 amide bonds. The Labute approximate surface area is 134 Å². The van der Waals surface area contributed by atoms with E-state index in [0.29, 0.717) is 26.3 Å². The van der Waals surface area contributed by atoms with Gasteiger partial charge in [0.1, 0.15) is 5.60 Å². The van der Waals surface area contributed by atoms with Crippen LogP contribution in [0.3, 0.4) is 0 Å². The fourth-order valence-electron chi connectivity index (χ4n) is 1.50. The van der Waals surface area contributed by atoms with Gasteiger partial charge in [-0.15, -0.1) is 0 Å². The van der Waals surface area contributed by atoms with Gasteiger partial charge in [0.2, 0.25) is 0 Å². The van der Waals surface area contributed by atoms with E-state index in [4.69, 9.17) is 9.47 Å². The smallest absolute Gasteiger partial charge is 0.407 e. The van der Waals surface area contributed by atoms with Crippen molar-refractivity contribution in [2.75, 3.05) is 39.4 Å². The van der Waals surface area contributed by atoms with Gasteiger partial charge in [-0.2, -0.15) is 0 Å². The molecule has 0 aliphatic rings. The normalized spacial score (nSPS) is 12.0. The third-order valence-corrected chi connectivity index (χ3v) is 2.36. The molecule has 0 rings (SSSR count). The lowest BCUT2D eigenvalue weighted by atomic mass is 10.2. The average molecular weight is 316 g/mol. The van der Waals surface area contributed by atoms with Gasteiger partial charge in [-0.05, 0) is 41.0 Å². The summed E-state index contributed by atoms with van der Waals surface area (Å²) < 4.78 is 10.4. The number of carbonyl (C=O) groups excluding carboxylic acids is 1. The Morgan fingerprint density at radius 2 is 1.82 bits per heavy atom. The summed E-state index contributed by atoms with van der Waals surface area (Å²) in [5, 5.41) is 9.06. The van der Waals surface area contributed by atoms with Crippen LogP contribution < -0.4 is 16.0 Å². The summed E-state index contributed by atoms with van der Waals surface area (Å²) in [4.78, 5) is 15.9. The summed E-state index contributed by atoms with van der Waals surface area (Å²) in [5.74, 6) is 0.763. The molecule has 0 heterocycles. The molecule has 0 aromatic carbocycles. The first kappa shape index (κ1) is 20.5. The maximum absolute atomic E-state index is 11.5. The van der Waals surface area contributed by atoms with E-state index >= 15 is 0 Å². The monoisotopic (exact) mass is 316 g/mol. The number of carbonyl (C=O) groups is 1. The summed E-state index contributed by atoms with van der Waals surface area (Å²) in [6, 6.07) is 0. The van der Waals surface area contributed by atoms with Crippen molar-refractivity contribution in [3.63, 3.8) is 0 Å². The summed E-state index contributed by atoms with van der Waals surface area (Å²) in [7, 11) is 0. The number of nitrogens with zero attached hydrogens (tertiary/aromatic N) is 1. The number of ether oxygens (including phenoxy) is 2. The molecule has 7 nitrogen and oxygen atoms in total. The maximum Gasteiger partial charge on any atom is 0.407 e. The topological polar surface area (TPSA) is 84.0 Å². The van der Waals surface area contributed by atoms with E-state index in [-0.39, 0.29) is 0 Å². The van der Waals surface area contributed by atoms with Crippen LogP contribution in [0.2, 0.25) is 0 Å². The molecule has 0 unspecified atom stereocenters.